The number of hydrogen-bond donors (Lipinski definition) is 0. The Morgan fingerprint density at radius 2 is 1.03 bits per heavy atom. The van der Waals surface area contributed by atoms with Crippen LogP contribution in [0.2, 0.25) is 0 Å². The second-order valence-electron chi connectivity index (χ2n) is 6.72. The van der Waals surface area contributed by atoms with Gasteiger partial charge in [0.15, 0.2) is 0 Å². The molecule has 0 radical (unpaired) electrons. The molecule has 0 bridgehead atoms. The maximum atomic E-state index is 12.1. The largest absolute Gasteiger partial charge is 0.462 e. The van der Waals surface area contributed by atoms with E-state index in [1.54, 1.807) is 48.5 Å². The van der Waals surface area contributed by atoms with Gasteiger partial charge in [-0.15, -0.1) is 0 Å². The number of hydrogen-bond acceptors (Lipinski definition) is 6. The molecule has 0 saturated carbocycles. The first-order valence-electron chi connectivity index (χ1n) is 9.87. The Bertz CT molecular complexity index is 1050. The van der Waals surface area contributed by atoms with Crippen molar-refractivity contribution in [2.75, 3.05) is 13.2 Å². The van der Waals surface area contributed by atoms with Crippen molar-refractivity contribution in [1.29, 1.82) is 0 Å². The van der Waals surface area contributed by atoms with E-state index >= 15 is 0 Å². The Hall–Kier alpha value is -4.16. The van der Waals surface area contributed by atoms with Crippen LogP contribution in [0, 0.1) is 23.7 Å². The molecule has 2 rings (SSSR count). The van der Waals surface area contributed by atoms with E-state index in [9.17, 15) is 19.2 Å². The van der Waals surface area contributed by atoms with Crippen molar-refractivity contribution in [1.82, 2.24) is 0 Å². The Labute approximate surface area is 186 Å². The molecule has 32 heavy (non-hydrogen) atoms. The fourth-order valence-corrected chi connectivity index (χ4v) is 2.63. The van der Waals surface area contributed by atoms with Crippen LogP contribution in [0.1, 0.15) is 36.1 Å². The van der Waals surface area contributed by atoms with Crippen LogP contribution in [0.4, 0.5) is 0 Å². The highest BCUT2D eigenvalue weighted by Gasteiger charge is 2.10. The van der Waals surface area contributed by atoms with E-state index in [0.29, 0.717) is 22.3 Å². The molecule has 0 aliphatic rings. The first-order chi connectivity index (χ1) is 15.3. The number of Topliss-reactive ketones (excluding diaryl/α,β-unsaturated/α-hetero) is 2. The van der Waals surface area contributed by atoms with Crippen molar-refractivity contribution >= 4 is 23.5 Å². The summed E-state index contributed by atoms with van der Waals surface area (Å²) < 4.78 is 10.2. The minimum atomic E-state index is -0.497. The van der Waals surface area contributed by atoms with E-state index in [2.05, 4.69) is 23.7 Å². The summed E-state index contributed by atoms with van der Waals surface area (Å²) in [5, 5.41) is 0. The molecule has 0 saturated heterocycles. The third-order valence-corrected chi connectivity index (χ3v) is 4.06. The minimum absolute atomic E-state index is 0.0150. The average Bonchev–Trinajstić information content (AvgIpc) is 2.75. The standard InChI is InChI=1S/C26H22O6/c1-19(27)11-13-21-7-3-5-9-23(21)17-25(29)31-15-16-32-26(30)18-24-10-6-4-8-22(24)14-12-20(2)28/h3-10H,15-18H2,1-2H3. The van der Waals surface area contributed by atoms with E-state index in [1.165, 1.54) is 13.8 Å². The minimum Gasteiger partial charge on any atom is -0.462 e. The summed E-state index contributed by atoms with van der Waals surface area (Å²) >= 11 is 0. The summed E-state index contributed by atoms with van der Waals surface area (Å²) in [5.41, 5.74) is 2.45. The van der Waals surface area contributed by atoms with Crippen LogP contribution in [-0.4, -0.2) is 36.7 Å². The topological polar surface area (TPSA) is 86.7 Å². The number of ketones is 2. The van der Waals surface area contributed by atoms with Gasteiger partial charge in [-0.2, -0.15) is 0 Å². The van der Waals surface area contributed by atoms with Gasteiger partial charge in [-0.1, -0.05) is 48.2 Å². The molecule has 0 fully saturated rings. The van der Waals surface area contributed by atoms with Gasteiger partial charge in [0.05, 0.1) is 12.8 Å². The van der Waals surface area contributed by atoms with Gasteiger partial charge < -0.3 is 9.47 Å². The Kier molecular flexibility index (Phi) is 9.43. The first-order valence-corrected chi connectivity index (χ1v) is 9.87. The lowest BCUT2D eigenvalue weighted by molar-refractivity contribution is -0.151. The van der Waals surface area contributed by atoms with Crippen molar-refractivity contribution in [3.63, 3.8) is 0 Å². The molecule has 2 aromatic carbocycles. The number of ether oxygens (including phenoxy) is 2. The zero-order valence-corrected chi connectivity index (χ0v) is 17.9. The molecule has 0 aliphatic heterocycles. The molecule has 0 aliphatic carbocycles. The Balaban J connectivity index is 1.82. The lowest BCUT2D eigenvalue weighted by Gasteiger charge is -2.08. The van der Waals surface area contributed by atoms with Crippen molar-refractivity contribution in [3.8, 4) is 23.7 Å². The highest BCUT2D eigenvalue weighted by Crippen LogP contribution is 2.10. The molecule has 0 atom stereocenters. The Morgan fingerprint density at radius 3 is 1.41 bits per heavy atom. The molecule has 0 amide bonds. The van der Waals surface area contributed by atoms with E-state index in [4.69, 9.17) is 9.47 Å². The fourth-order valence-electron chi connectivity index (χ4n) is 2.63. The van der Waals surface area contributed by atoms with Crippen LogP contribution in [0.5, 0.6) is 0 Å². The molecule has 0 spiro atoms. The summed E-state index contributed by atoms with van der Waals surface area (Å²) in [7, 11) is 0. The number of benzene rings is 2. The van der Waals surface area contributed by atoms with Gasteiger partial charge in [-0.05, 0) is 35.1 Å². The molecule has 0 N–H and O–H groups in total. The van der Waals surface area contributed by atoms with Crippen LogP contribution in [0.3, 0.4) is 0 Å². The quantitative estimate of drug-likeness (QED) is 0.381. The SMILES string of the molecule is CC(=O)C#Cc1ccccc1CC(=O)OCCOC(=O)Cc1ccccc1C#CC(C)=O. The predicted molar refractivity (Wildman–Crippen MR) is 117 cm³/mol. The molecule has 0 aromatic heterocycles. The second kappa shape index (κ2) is 12.5. The van der Waals surface area contributed by atoms with Crippen molar-refractivity contribution in [2.45, 2.75) is 26.7 Å². The number of esters is 2. The van der Waals surface area contributed by atoms with E-state index in [0.717, 1.165) is 0 Å². The summed E-state index contributed by atoms with van der Waals surface area (Å²) in [5.74, 6) is 8.86. The molecule has 6 heteroatoms. The molecular weight excluding hydrogens is 408 g/mol. The highest BCUT2D eigenvalue weighted by atomic mass is 16.6. The zero-order valence-electron chi connectivity index (χ0n) is 17.9. The van der Waals surface area contributed by atoms with Gasteiger partial charge in [-0.25, -0.2) is 0 Å². The van der Waals surface area contributed by atoms with Crippen LogP contribution < -0.4 is 0 Å². The first kappa shape index (κ1) is 24.1. The van der Waals surface area contributed by atoms with Gasteiger partial charge in [0.25, 0.3) is 0 Å². The van der Waals surface area contributed by atoms with Gasteiger partial charge in [0.2, 0.25) is 11.6 Å². The smallest absolute Gasteiger partial charge is 0.310 e. The third kappa shape index (κ3) is 8.69. The monoisotopic (exact) mass is 430 g/mol. The molecule has 2 aromatic rings. The van der Waals surface area contributed by atoms with Crippen LogP contribution >= 0.6 is 0 Å². The van der Waals surface area contributed by atoms with Crippen molar-refractivity contribution in [2.24, 2.45) is 0 Å². The number of carbonyl (C=O) groups excluding carboxylic acids is 4. The van der Waals surface area contributed by atoms with Crippen LogP contribution in [0.25, 0.3) is 0 Å². The second-order valence-corrected chi connectivity index (χ2v) is 6.72. The van der Waals surface area contributed by atoms with Crippen molar-refractivity contribution in [3.05, 3.63) is 70.8 Å². The number of rotatable bonds is 7. The molecular formula is C26H22O6. The summed E-state index contributed by atoms with van der Waals surface area (Å²) in [4.78, 5) is 46.3. The summed E-state index contributed by atoms with van der Waals surface area (Å²) in [6, 6.07) is 14.0. The van der Waals surface area contributed by atoms with Crippen LogP contribution in [-0.2, 0) is 41.5 Å². The normalized spacial score (nSPS) is 9.44. The lowest BCUT2D eigenvalue weighted by Crippen LogP contribution is -2.16. The fraction of sp³-hybridized carbons (Fsp3) is 0.231. The highest BCUT2D eigenvalue weighted by molar-refractivity contribution is 5.94. The average molecular weight is 430 g/mol. The van der Waals surface area contributed by atoms with E-state index < -0.39 is 11.9 Å². The van der Waals surface area contributed by atoms with E-state index in [1.807, 2.05) is 0 Å². The number of carbonyl (C=O) groups is 4. The predicted octanol–water partition coefficient (Wildman–Crippen LogP) is 2.44. The van der Waals surface area contributed by atoms with Gasteiger partial charge in [-0.3, -0.25) is 19.2 Å². The van der Waals surface area contributed by atoms with Gasteiger partial charge in [0.1, 0.15) is 13.2 Å². The molecule has 6 nitrogen and oxygen atoms in total. The van der Waals surface area contributed by atoms with Crippen molar-refractivity contribution < 1.29 is 28.7 Å². The van der Waals surface area contributed by atoms with Gasteiger partial charge in [0, 0.05) is 25.0 Å². The molecule has 162 valence electrons. The Morgan fingerprint density at radius 1 is 0.656 bits per heavy atom. The molecule has 0 unspecified atom stereocenters. The maximum absolute atomic E-state index is 12.1. The maximum Gasteiger partial charge on any atom is 0.310 e. The lowest BCUT2D eigenvalue weighted by atomic mass is 10.0. The van der Waals surface area contributed by atoms with E-state index in [-0.39, 0.29) is 37.6 Å². The zero-order chi connectivity index (χ0) is 23.3. The summed E-state index contributed by atoms with van der Waals surface area (Å²) in [6.45, 7) is 2.56. The van der Waals surface area contributed by atoms with Gasteiger partial charge >= 0.3 is 11.9 Å². The summed E-state index contributed by atoms with van der Waals surface area (Å²) in [6.07, 6.45) is -0.0300. The molecule has 0 heterocycles. The third-order valence-electron chi connectivity index (χ3n) is 4.06. The van der Waals surface area contributed by atoms with Crippen LogP contribution in [0.15, 0.2) is 48.5 Å².